The molecular weight excluding hydrogens is 460 g/mol. The number of rotatable bonds is 7. The van der Waals surface area contributed by atoms with Crippen LogP contribution in [0.1, 0.15) is 41.6 Å². The van der Waals surface area contributed by atoms with Gasteiger partial charge >= 0.3 is 0 Å². The van der Waals surface area contributed by atoms with Gasteiger partial charge in [-0.3, -0.25) is 19.0 Å². The Morgan fingerprint density at radius 3 is 2.88 bits per heavy atom. The fourth-order valence-corrected chi connectivity index (χ4v) is 5.10. The predicted molar refractivity (Wildman–Crippen MR) is 132 cm³/mol. The minimum atomic E-state index is -0.592. The third-order valence-electron chi connectivity index (χ3n) is 5.84. The van der Waals surface area contributed by atoms with Gasteiger partial charge in [0.25, 0.3) is 5.56 Å². The quantitative estimate of drug-likeness (QED) is 0.521. The Kier molecular flexibility index (Phi) is 6.67. The minimum Gasteiger partial charge on any atom is -0.378 e. The number of fused-ring (bicyclic) bond motifs is 1. The summed E-state index contributed by atoms with van der Waals surface area (Å²) >= 11 is 7.55. The van der Waals surface area contributed by atoms with Gasteiger partial charge in [-0.15, -0.1) is 11.3 Å². The number of aromatic nitrogens is 2. The molecule has 0 saturated carbocycles. The van der Waals surface area contributed by atoms with E-state index >= 15 is 0 Å². The highest BCUT2D eigenvalue weighted by Crippen LogP contribution is 2.27. The fourth-order valence-electron chi connectivity index (χ4n) is 3.96. The third-order valence-corrected chi connectivity index (χ3v) is 7.28. The number of amides is 1. The van der Waals surface area contributed by atoms with Crippen molar-refractivity contribution in [3.8, 4) is 0 Å². The second-order valence-electron chi connectivity index (χ2n) is 8.26. The summed E-state index contributed by atoms with van der Waals surface area (Å²) in [5, 5.41) is 8.74. The van der Waals surface area contributed by atoms with Gasteiger partial charge < -0.3 is 10.6 Å². The molecule has 4 rings (SSSR count). The lowest BCUT2D eigenvalue weighted by molar-refractivity contribution is -0.125. The second-order valence-corrected chi connectivity index (χ2v) is 9.63. The van der Waals surface area contributed by atoms with E-state index in [1.807, 2.05) is 19.1 Å². The number of benzene rings is 1. The normalized spacial score (nSPS) is 16.2. The van der Waals surface area contributed by atoms with E-state index in [1.165, 1.54) is 15.9 Å². The van der Waals surface area contributed by atoms with Crippen molar-refractivity contribution in [2.75, 3.05) is 11.9 Å². The molecule has 2 aromatic heterocycles. The lowest BCUT2D eigenvalue weighted by Gasteiger charge is -2.26. The summed E-state index contributed by atoms with van der Waals surface area (Å²) in [7, 11) is 0. The van der Waals surface area contributed by atoms with Crippen LogP contribution in [-0.2, 0) is 16.0 Å². The number of aryl methyl sites for hydroxylation is 3. The van der Waals surface area contributed by atoms with Crippen molar-refractivity contribution >= 4 is 51.2 Å². The summed E-state index contributed by atoms with van der Waals surface area (Å²) in [6.07, 6.45) is 1.98. The Balaban J connectivity index is 1.46. The Morgan fingerprint density at radius 1 is 1.36 bits per heavy atom. The van der Waals surface area contributed by atoms with Crippen molar-refractivity contribution in [1.29, 1.82) is 0 Å². The summed E-state index contributed by atoms with van der Waals surface area (Å²) in [5.74, 6) is 0.308. The van der Waals surface area contributed by atoms with Crippen LogP contribution < -0.4 is 16.2 Å². The Labute approximate surface area is 200 Å². The molecule has 0 spiro atoms. The van der Waals surface area contributed by atoms with E-state index in [-0.39, 0.29) is 23.8 Å². The first-order chi connectivity index (χ1) is 15.7. The number of ketones is 1. The molecule has 1 atom stereocenters. The van der Waals surface area contributed by atoms with Gasteiger partial charge in [0.05, 0.1) is 17.4 Å². The van der Waals surface area contributed by atoms with Crippen molar-refractivity contribution in [3.63, 3.8) is 0 Å². The molecule has 33 heavy (non-hydrogen) atoms. The maximum absolute atomic E-state index is 13.2. The number of allylic oxidation sites excluding steroid dienone is 1. The van der Waals surface area contributed by atoms with E-state index in [1.54, 1.807) is 18.4 Å². The van der Waals surface area contributed by atoms with E-state index in [0.717, 1.165) is 16.1 Å². The van der Waals surface area contributed by atoms with Gasteiger partial charge in [0.2, 0.25) is 5.91 Å². The number of nitrogens with zero attached hydrogens (tertiary/aromatic N) is 2. The van der Waals surface area contributed by atoms with Crippen LogP contribution in [0.15, 0.2) is 40.6 Å². The topological polar surface area (TPSA) is 93.1 Å². The van der Waals surface area contributed by atoms with Crippen LogP contribution in [0, 0.1) is 13.8 Å². The number of thiophene rings is 1. The van der Waals surface area contributed by atoms with Gasteiger partial charge in [0.1, 0.15) is 11.9 Å². The van der Waals surface area contributed by atoms with Crippen LogP contribution in [0.25, 0.3) is 10.9 Å². The highest BCUT2D eigenvalue weighted by Gasteiger charge is 2.29. The number of carbonyl (C=O) groups excluding carboxylic acids is 2. The molecule has 1 amide bonds. The summed E-state index contributed by atoms with van der Waals surface area (Å²) in [5.41, 5.74) is 2.84. The molecule has 0 bridgehead atoms. The largest absolute Gasteiger partial charge is 0.378 e. The summed E-state index contributed by atoms with van der Waals surface area (Å²) < 4.78 is 1.47. The van der Waals surface area contributed by atoms with Gasteiger partial charge in [-0.1, -0.05) is 24.2 Å². The number of piperidine rings is 1. The first-order valence-electron chi connectivity index (χ1n) is 10.7. The molecule has 172 valence electrons. The monoisotopic (exact) mass is 484 g/mol. The molecule has 3 aromatic rings. The van der Waals surface area contributed by atoms with Gasteiger partial charge in [-0.2, -0.15) is 0 Å². The fraction of sp³-hybridized carbons (Fsp3) is 0.333. The molecule has 1 fully saturated rings. The van der Waals surface area contributed by atoms with Crippen LogP contribution >= 0.6 is 22.9 Å². The molecule has 1 saturated heterocycles. The van der Waals surface area contributed by atoms with E-state index in [4.69, 9.17) is 11.6 Å². The lowest BCUT2D eigenvalue weighted by Crippen LogP contribution is -2.41. The van der Waals surface area contributed by atoms with Crippen LogP contribution in [0.5, 0.6) is 0 Å². The van der Waals surface area contributed by atoms with Gasteiger partial charge in [-0.25, -0.2) is 4.98 Å². The zero-order valence-corrected chi connectivity index (χ0v) is 20.1. The first-order valence-corrected chi connectivity index (χ1v) is 12.0. The van der Waals surface area contributed by atoms with Gasteiger partial charge in [0.15, 0.2) is 5.78 Å². The Bertz CT molecular complexity index is 1330. The minimum absolute atomic E-state index is 0.0532. The van der Waals surface area contributed by atoms with Crippen LogP contribution in [0.3, 0.4) is 0 Å². The maximum atomic E-state index is 13.2. The molecule has 1 unspecified atom stereocenters. The average molecular weight is 485 g/mol. The van der Waals surface area contributed by atoms with Gasteiger partial charge in [0, 0.05) is 33.1 Å². The van der Waals surface area contributed by atoms with Crippen LogP contribution in [0.4, 0.5) is 5.69 Å². The number of hydrogen-bond acceptors (Lipinski definition) is 6. The lowest BCUT2D eigenvalue weighted by atomic mass is 10.0. The van der Waals surface area contributed by atoms with E-state index in [0.29, 0.717) is 53.1 Å². The summed E-state index contributed by atoms with van der Waals surface area (Å²) in [4.78, 5) is 43.6. The van der Waals surface area contributed by atoms with E-state index in [2.05, 4.69) is 22.2 Å². The Hall–Kier alpha value is -2.97. The number of hydrogen-bond donors (Lipinski definition) is 2. The number of carbonyl (C=O) groups is 2. The zero-order chi connectivity index (χ0) is 23.7. The van der Waals surface area contributed by atoms with Crippen molar-refractivity contribution < 1.29 is 9.59 Å². The molecule has 7 nitrogen and oxygen atoms in total. The highest BCUT2D eigenvalue weighted by molar-refractivity contribution is 7.11. The zero-order valence-electron chi connectivity index (χ0n) is 18.5. The molecular formula is C24H25ClN4O3S. The number of halogens is 1. The van der Waals surface area contributed by atoms with Crippen molar-refractivity contribution in [2.24, 2.45) is 0 Å². The van der Waals surface area contributed by atoms with E-state index < -0.39 is 6.04 Å². The van der Waals surface area contributed by atoms with Gasteiger partial charge in [-0.05, 0) is 50.8 Å². The first kappa shape index (κ1) is 23.2. The van der Waals surface area contributed by atoms with Crippen molar-refractivity contribution in [2.45, 2.75) is 45.6 Å². The SMILES string of the molecule is C=C1CCC(n2c(C)nc3c(CCC(=O)CNc4ccc(C)c(Cl)c4)scc3c2=O)C(=O)N1. The van der Waals surface area contributed by atoms with Crippen LogP contribution in [-0.4, -0.2) is 27.8 Å². The smallest absolute Gasteiger partial charge is 0.262 e. The Morgan fingerprint density at radius 2 is 2.15 bits per heavy atom. The predicted octanol–water partition coefficient (Wildman–Crippen LogP) is 4.31. The molecule has 1 aliphatic heterocycles. The average Bonchev–Trinajstić information content (AvgIpc) is 3.17. The second kappa shape index (κ2) is 9.49. The van der Waals surface area contributed by atoms with Crippen molar-refractivity contribution in [1.82, 2.24) is 14.9 Å². The molecule has 0 radical (unpaired) electrons. The third kappa shape index (κ3) is 4.86. The number of Topliss-reactive ketones (excluding diaryl/α,β-unsaturated/α-hetero) is 1. The summed E-state index contributed by atoms with van der Waals surface area (Å²) in [6.45, 7) is 7.65. The molecule has 3 heterocycles. The van der Waals surface area contributed by atoms with Crippen LogP contribution in [0.2, 0.25) is 5.02 Å². The molecule has 0 aliphatic carbocycles. The van der Waals surface area contributed by atoms with E-state index in [9.17, 15) is 14.4 Å². The standard InChI is InChI=1S/C24H25ClN4O3S/c1-13-4-6-16(10-19(13)25)26-11-17(30)7-9-21-22-18(12-33-21)24(32)29(15(3)28-22)20-8-5-14(2)27-23(20)31/h4,6,10,12,20,26H,2,5,7-9,11H2,1,3H3,(H,27,31). The molecule has 2 N–H and O–H groups in total. The number of anilines is 1. The maximum Gasteiger partial charge on any atom is 0.262 e. The summed E-state index contributed by atoms with van der Waals surface area (Å²) in [6, 6.07) is 5.01. The van der Waals surface area contributed by atoms with Crippen molar-refractivity contribution in [3.05, 3.63) is 67.5 Å². The highest BCUT2D eigenvalue weighted by atomic mass is 35.5. The molecule has 1 aliphatic rings. The number of nitrogens with one attached hydrogen (secondary N) is 2. The molecule has 1 aromatic carbocycles. The molecule has 9 heteroatoms.